The lowest BCUT2D eigenvalue weighted by Gasteiger charge is -2.17. The Morgan fingerprint density at radius 1 is 1.15 bits per heavy atom. The van der Waals surface area contributed by atoms with Crippen molar-refractivity contribution in [1.29, 1.82) is 0 Å². The molecule has 0 fully saturated rings. The maximum absolute atomic E-state index is 6.01. The van der Waals surface area contributed by atoms with Crippen LogP contribution in [-0.4, -0.2) is 11.0 Å². The minimum absolute atomic E-state index is 0.0405. The van der Waals surface area contributed by atoms with Crippen molar-refractivity contribution in [1.82, 2.24) is 10.4 Å². The van der Waals surface area contributed by atoms with Crippen molar-refractivity contribution in [2.45, 2.75) is 18.9 Å². The number of nitrogen functional groups attached to an aromatic ring is 1. The van der Waals surface area contributed by atoms with Gasteiger partial charge in [-0.05, 0) is 42.2 Å². The molecule has 0 bridgehead atoms. The Morgan fingerprint density at radius 2 is 1.95 bits per heavy atom. The number of hydrogen-bond acceptors (Lipinski definition) is 4. The first-order chi connectivity index (χ1) is 9.60. The zero-order valence-electron chi connectivity index (χ0n) is 10.8. The normalized spacial score (nSPS) is 12.3. The summed E-state index contributed by atoms with van der Waals surface area (Å²) in [4.78, 5) is 4.08. The van der Waals surface area contributed by atoms with Crippen LogP contribution in [0.1, 0.15) is 11.1 Å². The molecular formula is C14H16Cl2N4. The standard InChI is InChI=1S/C14H16Cl2N4/c15-12-2-1-9(6-13(12)16)5-11(20-18)7-10-8-19-4-3-14(10)17/h1-4,6,8,11,20H,5,7,18H2,(H2,17,19). The van der Waals surface area contributed by atoms with Gasteiger partial charge in [-0.3, -0.25) is 16.3 Å². The summed E-state index contributed by atoms with van der Waals surface area (Å²) in [7, 11) is 0. The third kappa shape index (κ3) is 3.84. The number of hydrogen-bond donors (Lipinski definition) is 3. The van der Waals surface area contributed by atoms with E-state index in [1.54, 1.807) is 24.5 Å². The van der Waals surface area contributed by atoms with Gasteiger partial charge in [0.2, 0.25) is 0 Å². The lowest BCUT2D eigenvalue weighted by Crippen LogP contribution is -2.38. The van der Waals surface area contributed by atoms with Crippen LogP contribution in [0, 0.1) is 0 Å². The topological polar surface area (TPSA) is 77.0 Å². The summed E-state index contributed by atoms with van der Waals surface area (Å²) >= 11 is 11.9. The first kappa shape index (κ1) is 15.1. The predicted molar refractivity (Wildman–Crippen MR) is 83.6 cm³/mol. The summed E-state index contributed by atoms with van der Waals surface area (Å²) in [5.74, 6) is 5.62. The van der Waals surface area contributed by atoms with Gasteiger partial charge in [-0.2, -0.15) is 0 Å². The number of nitrogens with zero attached hydrogens (tertiary/aromatic N) is 1. The number of benzene rings is 1. The minimum Gasteiger partial charge on any atom is -0.398 e. The van der Waals surface area contributed by atoms with Crippen LogP contribution in [0.4, 0.5) is 5.69 Å². The lowest BCUT2D eigenvalue weighted by atomic mass is 9.99. The maximum atomic E-state index is 6.01. The number of nitrogens with two attached hydrogens (primary N) is 2. The van der Waals surface area contributed by atoms with Gasteiger partial charge in [0.1, 0.15) is 0 Å². The van der Waals surface area contributed by atoms with Gasteiger partial charge in [0.05, 0.1) is 10.0 Å². The molecule has 0 aliphatic heterocycles. The number of aromatic nitrogens is 1. The van der Waals surface area contributed by atoms with Crippen LogP contribution in [0.25, 0.3) is 0 Å². The molecule has 2 rings (SSSR count). The van der Waals surface area contributed by atoms with E-state index in [0.29, 0.717) is 16.5 Å². The molecule has 1 unspecified atom stereocenters. The van der Waals surface area contributed by atoms with Crippen LogP contribution in [0.5, 0.6) is 0 Å². The number of hydrazine groups is 1. The van der Waals surface area contributed by atoms with Gasteiger partial charge in [0, 0.05) is 24.1 Å². The van der Waals surface area contributed by atoms with Gasteiger partial charge >= 0.3 is 0 Å². The lowest BCUT2D eigenvalue weighted by molar-refractivity contribution is 0.522. The highest BCUT2D eigenvalue weighted by molar-refractivity contribution is 6.42. The largest absolute Gasteiger partial charge is 0.398 e. The zero-order chi connectivity index (χ0) is 14.5. The molecule has 0 saturated heterocycles. The highest BCUT2D eigenvalue weighted by Gasteiger charge is 2.12. The van der Waals surface area contributed by atoms with Crippen LogP contribution in [0.15, 0.2) is 36.7 Å². The smallest absolute Gasteiger partial charge is 0.0595 e. The molecule has 0 saturated carbocycles. The van der Waals surface area contributed by atoms with Gasteiger partial charge in [-0.15, -0.1) is 0 Å². The second-order valence-corrected chi connectivity index (χ2v) is 5.41. The molecule has 0 aliphatic carbocycles. The van der Waals surface area contributed by atoms with E-state index in [4.69, 9.17) is 34.8 Å². The van der Waals surface area contributed by atoms with Crippen molar-refractivity contribution in [3.8, 4) is 0 Å². The zero-order valence-corrected chi connectivity index (χ0v) is 12.3. The van der Waals surface area contributed by atoms with E-state index in [-0.39, 0.29) is 6.04 Å². The van der Waals surface area contributed by atoms with Crippen LogP contribution in [-0.2, 0) is 12.8 Å². The Labute approximate surface area is 128 Å². The highest BCUT2D eigenvalue weighted by atomic mass is 35.5. The fourth-order valence-electron chi connectivity index (χ4n) is 2.02. The van der Waals surface area contributed by atoms with Crippen molar-refractivity contribution in [2.24, 2.45) is 5.84 Å². The quantitative estimate of drug-likeness (QED) is 0.586. The molecule has 20 heavy (non-hydrogen) atoms. The Morgan fingerprint density at radius 3 is 2.60 bits per heavy atom. The molecule has 0 aliphatic rings. The molecule has 4 nitrogen and oxygen atoms in total. The van der Waals surface area contributed by atoms with E-state index in [9.17, 15) is 0 Å². The van der Waals surface area contributed by atoms with Gasteiger partial charge < -0.3 is 5.73 Å². The van der Waals surface area contributed by atoms with E-state index in [2.05, 4.69) is 10.4 Å². The van der Waals surface area contributed by atoms with Gasteiger partial charge in [0.15, 0.2) is 0 Å². The summed E-state index contributed by atoms with van der Waals surface area (Å²) < 4.78 is 0. The summed E-state index contributed by atoms with van der Waals surface area (Å²) in [6.07, 6.45) is 4.84. The van der Waals surface area contributed by atoms with Crippen molar-refractivity contribution < 1.29 is 0 Å². The molecule has 0 spiro atoms. The van der Waals surface area contributed by atoms with Crippen LogP contribution in [0.2, 0.25) is 10.0 Å². The Balaban J connectivity index is 2.09. The molecule has 1 heterocycles. The molecule has 5 N–H and O–H groups in total. The average Bonchev–Trinajstić information content (AvgIpc) is 2.44. The maximum Gasteiger partial charge on any atom is 0.0595 e. The molecule has 2 aromatic rings. The van der Waals surface area contributed by atoms with Crippen LogP contribution < -0.4 is 17.0 Å². The Kier molecular flexibility index (Phi) is 5.20. The Hall–Kier alpha value is -1.33. The number of anilines is 1. The Bertz CT molecular complexity index is 589. The number of pyridine rings is 1. The van der Waals surface area contributed by atoms with Crippen molar-refractivity contribution >= 4 is 28.9 Å². The molecule has 1 atom stereocenters. The first-order valence-corrected chi connectivity index (χ1v) is 6.94. The van der Waals surface area contributed by atoms with Crippen molar-refractivity contribution in [3.05, 3.63) is 57.8 Å². The molecule has 1 aromatic heterocycles. The van der Waals surface area contributed by atoms with Crippen molar-refractivity contribution in [2.75, 3.05) is 5.73 Å². The van der Waals surface area contributed by atoms with Gasteiger partial charge in [-0.25, -0.2) is 0 Å². The summed E-state index contributed by atoms with van der Waals surface area (Å²) in [5.41, 5.74) is 11.5. The third-order valence-corrected chi connectivity index (χ3v) is 3.85. The minimum atomic E-state index is 0.0405. The second-order valence-electron chi connectivity index (χ2n) is 4.59. The van der Waals surface area contributed by atoms with Crippen LogP contribution in [0.3, 0.4) is 0 Å². The van der Waals surface area contributed by atoms with E-state index in [1.165, 1.54) is 0 Å². The number of nitrogens with one attached hydrogen (secondary N) is 1. The predicted octanol–water partition coefficient (Wildman–Crippen LogP) is 2.59. The average molecular weight is 311 g/mol. The van der Waals surface area contributed by atoms with E-state index in [1.807, 2.05) is 12.1 Å². The molecular weight excluding hydrogens is 295 g/mol. The fraction of sp³-hybridized carbons (Fsp3) is 0.214. The molecule has 0 amide bonds. The highest BCUT2D eigenvalue weighted by Crippen LogP contribution is 2.23. The molecule has 0 radical (unpaired) electrons. The number of halogens is 2. The van der Waals surface area contributed by atoms with Crippen molar-refractivity contribution in [3.63, 3.8) is 0 Å². The van der Waals surface area contributed by atoms with E-state index < -0.39 is 0 Å². The van der Waals surface area contributed by atoms with Gasteiger partial charge in [-0.1, -0.05) is 29.3 Å². The molecule has 6 heteroatoms. The van der Waals surface area contributed by atoms with Crippen LogP contribution >= 0.6 is 23.2 Å². The molecule has 1 aromatic carbocycles. The number of rotatable bonds is 5. The van der Waals surface area contributed by atoms with E-state index >= 15 is 0 Å². The van der Waals surface area contributed by atoms with Gasteiger partial charge in [0.25, 0.3) is 0 Å². The third-order valence-electron chi connectivity index (χ3n) is 3.11. The SMILES string of the molecule is NNC(Cc1ccc(Cl)c(Cl)c1)Cc1cnccc1N. The summed E-state index contributed by atoms with van der Waals surface area (Å²) in [6.45, 7) is 0. The fourth-order valence-corrected chi connectivity index (χ4v) is 2.34. The second kappa shape index (κ2) is 6.90. The summed E-state index contributed by atoms with van der Waals surface area (Å²) in [6, 6.07) is 7.39. The molecule has 106 valence electrons. The summed E-state index contributed by atoms with van der Waals surface area (Å²) in [5, 5.41) is 1.09. The monoisotopic (exact) mass is 310 g/mol. The first-order valence-electron chi connectivity index (χ1n) is 6.18. The van der Waals surface area contributed by atoms with E-state index in [0.717, 1.165) is 23.2 Å².